The van der Waals surface area contributed by atoms with Gasteiger partial charge in [-0.05, 0) is 11.5 Å². The molecule has 0 atom stereocenters. The van der Waals surface area contributed by atoms with Crippen LogP contribution in [0.2, 0.25) is 0 Å². The molecule has 0 aliphatic rings. The fraction of sp³-hybridized carbons (Fsp3) is 0. The molecule has 0 fully saturated rings. The van der Waals surface area contributed by atoms with Gasteiger partial charge >= 0.3 is 5.82 Å². The van der Waals surface area contributed by atoms with E-state index in [0.717, 1.165) is 4.68 Å². The number of rotatable bonds is 2. The van der Waals surface area contributed by atoms with Gasteiger partial charge in [0.2, 0.25) is 0 Å². The van der Waals surface area contributed by atoms with E-state index in [4.69, 9.17) is 0 Å². The van der Waals surface area contributed by atoms with Crippen molar-refractivity contribution < 1.29 is 4.92 Å². The van der Waals surface area contributed by atoms with Crippen LogP contribution in [-0.4, -0.2) is 14.7 Å². The zero-order valence-corrected chi connectivity index (χ0v) is 5.10. The van der Waals surface area contributed by atoms with Gasteiger partial charge in [-0.25, -0.2) is 0 Å². The van der Waals surface area contributed by atoms with Gasteiger partial charge in [-0.1, -0.05) is 5.10 Å². The lowest BCUT2D eigenvalue weighted by molar-refractivity contribution is -0.384. The smallest absolute Gasteiger partial charge is 0.340 e. The van der Waals surface area contributed by atoms with E-state index in [1.54, 1.807) is 6.07 Å². The van der Waals surface area contributed by atoms with Crippen molar-refractivity contribution in [3.63, 3.8) is 0 Å². The van der Waals surface area contributed by atoms with Gasteiger partial charge in [0.1, 0.15) is 6.20 Å². The van der Waals surface area contributed by atoms with Gasteiger partial charge in [0.05, 0.1) is 6.20 Å². The molecule has 0 N–H and O–H groups in total. The summed E-state index contributed by atoms with van der Waals surface area (Å²) in [6.45, 7) is 3.20. The zero-order chi connectivity index (χ0) is 7.56. The Morgan fingerprint density at radius 2 is 2.50 bits per heavy atom. The molecule has 5 nitrogen and oxygen atoms in total. The summed E-state index contributed by atoms with van der Waals surface area (Å²) in [6.07, 6.45) is 2.92. The van der Waals surface area contributed by atoms with E-state index < -0.39 is 4.92 Å². The number of hydrogen-bond acceptors (Lipinski definition) is 3. The van der Waals surface area contributed by atoms with Crippen molar-refractivity contribution in [3.8, 4) is 0 Å². The molecule has 1 aromatic heterocycles. The predicted octanol–water partition coefficient (Wildman–Crippen LogP) is 0.588. The lowest BCUT2D eigenvalue weighted by Crippen LogP contribution is -2.04. The average Bonchev–Trinajstić information content (AvgIpc) is 2.36. The molecule has 0 bridgehead atoms. The molecule has 0 saturated carbocycles. The van der Waals surface area contributed by atoms with Crippen LogP contribution in [0.5, 0.6) is 0 Å². The van der Waals surface area contributed by atoms with Gasteiger partial charge in [-0.2, -0.15) is 0 Å². The third-order valence-electron chi connectivity index (χ3n) is 0.980. The van der Waals surface area contributed by atoms with Gasteiger partial charge in [0.25, 0.3) is 0 Å². The third kappa shape index (κ3) is 1.02. The fourth-order valence-corrected chi connectivity index (χ4v) is 0.505. The number of nitrogens with zero attached hydrogens (tertiary/aromatic N) is 3. The summed E-state index contributed by atoms with van der Waals surface area (Å²) in [7, 11) is 0. The number of aromatic nitrogens is 2. The van der Waals surface area contributed by atoms with Crippen LogP contribution in [0.25, 0.3) is 5.82 Å². The van der Waals surface area contributed by atoms with E-state index in [1.165, 1.54) is 12.4 Å². The first kappa shape index (κ1) is 6.47. The third-order valence-corrected chi connectivity index (χ3v) is 0.980. The van der Waals surface area contributed by atoms with Crippen molar-refractivity contribution in [2.75, 3.05) is 0 Å². The van der Waals surface area contributed by atoms with Gasteiger partial charge in [-0.3, -0.25) is 0 Å². The molecule has 1 aromatic rings. The molecule has 0 amide bonds. The van der Waals surface area contributed by atoms with Gasteiger partial charge in [0, 0.05) is 6.07 Å². The van der Waals surface area contributed by atoms with E-state index in [2.05, 4.69) is 11.7 Å². The normalized spacial score (nSPS) is 9.20. The Bertz CT molecular complexity index is 252. The lowest BCUT2D eigenvalue weighted by Gasteiger charge is -1.93. The SMILES string of the molecule is C=C(n1cccn1)[N+](=O)[O-]. The van der Waals surface area contributed by atoms with Crippen LogP contribution in [0.1, 0.15) is 0 Å². The summed E-state index contributed by atoms with van der Waals surface area (Å²) in [5, 5.41) is 13.7. The van der Waals surface area contributed by atoms with Crippen molar-refractivity contribution in [2.45, 2.75) is 0 Å². The van der Waals surface area contributed by atoms with Crippen LogP contribution in [0.4, 0.5) is 0 Å². The van der Waals surface area contributed by atoms with Gasteiger partial charge < -0.3 is 10.1 Å². The Kier molecular flexibility index (Phi) is 1.49. The number of hydrogen-bond donors (Lipinski definition) is 0. The highest BCUT2D eigenvalue weighted by Gasteiger charge is 2.06. The van der Waals surface area contributed by atoms with Gasteiger partial charge in [-0.15, -0.1) is 4.68 Å². The molecule has 0 unspecified atom stereocenters. The number of nitro groups is 1. The van der Waals surface area contributed by atoms with Crippen LogP contribution < -0.4 is 0 Å². The van der Waals surface area contributed by atoms with Crippen LogP contribution in [0, 0.1) is 10.1 Å². The van der Waals surface area contributed by atoms with Crippen molar-refractivity contribution in [1.82, 2.24) is 9.78 Å². The summed E-state index contributed by atoms with van der Waals surface area (Å²) >= 11 is 0. The molecule has 0 aliphatic heterocycles. The second-order valence-corrected chi connectivity index (χ2v) is 1.62. The predicted molar refractivity (Wildman–Crippen MR) is 34.6 cm³/mol. The van der Waals surface area contributed by atoms with Crippen LogP contribution in [0.3, 0.4) is 0 Å². The Labute approximate surface area is 56.7 Å². The molecule has 5 heteroatoms. The largest absolute Gasteiger partial charge is 0.358 e. The molecule has 0 saturated heterocycles. The molecular weight excluding hydrogens is 134 g/mol. The molecule has 0 aliphatic carbocycles. The monoisotopic (exact) mass is 139 g/mol. The van der Waals surface area contributed by atoms with E-state index in [0.29, 0.717) is 0 Å². The maximum absolute atomic E-state index is 10.0. The second-order valence-electron chi connectivity index (χ2n) is 1.62. The Morgan fingerprint density at radius 3 is 2.90 bits per heavy atom. The maximum atomic E-state index is 10.0. The molecule has 1 rings (SSSR count). The highest BCUT2D eigenvalue weighted by atomic mass is 16.6. The maximum Gasteiger partial charge on any atom is 0.340 e. The summed E-state index contributed by atoms with van der Waals surface area (Å²) in [6, 6.07) is 1.59. The Hall–Kier alpha value is -1.65. The molecule has 52 valence electrons. The molecule has 10 heavy (non-hydrogen) atoms. The van der Waals surface area contributed by atoms with Crippen molar-refractivity contribution in [1.29, 1.82) is 0 Å². The average molecular weight is 139 g/mol. The van der Waals surface area contributed by atoms with Crippen molar-refractivity contribution >= 4 is 5.82 Å². The van der Waals surface area contributed by atoms with Crippen LogP contribution >= 0.6 is 0 Å². The summed E-state index contributed by atoms with van der Waals surface area (Å²) < 4.78 is 1.10. The van der Waals surface area contributed by atoms with E-state index >= 15 is 0 Å². The first-order chi connectivity index (χ1) is 4.72. The summed E-state index contributed by atoms with van der Waals surface area (Å²) in [5.41, 5.74) is 0. The Morgan fingerprint density at radius 1 is 1.80 bits per heavy atom. The van der Waals surface area contributed by atoms with Crippen molar-refractivity contribution in [2.24, 2.45) is 0 Å². The molecular formula is C5H5N3O2. The minimum Gasteiger partial charge on any atom is -0.358 e. The molecule has 0 aromatic carbocycles. The first-order valence-corrected chi connectivity index (χ1v) is 2.55. The summed E-state index contributed by atoms with van der Waals surface area (Å²) in [5.74, 6) is -0.245. The zero-order valence-electron chi connectivity index (χ0n) is 5.10. The first-order valence-electron chi connectivity index (χ1n) is 2.55. The van der Waals surface area contributed by atoms with E-state index in [-0.39, 0.29) is 5.82 Å². The lowest BCUT2D eigenvalue weighted by atomic mass is 10.7. The van der Waals surface area contributed by atoms with Gasteiger partial charge in [0.15, 0.2) is 0 Å². The highest BCUT2D eigenvalue weighted by molar-refractivity contribution is 5.27. The molecule has 0 spiro atoms. The van der Waals surface area contributed by atoms with Crippen LogP contribution in [0.15, 0.2) is 25.0 Å². The Balaban J connectivity index is 2.88. The molecule has 1 heterocycles. The van der Waals surface area contributed by atoms with E-state index in [1.807, 2.05) is 0 Å². The minimum atomic E-state index is -0.590. The minimum absolute atomic E-state index is 0.245. The highest BCUT2D eigenvalue weighted by Crippen LogP contribution is 1.97. The van der Waals surface area contributed by atoms with Crippen LogP contribution in [-0.2, 0) is 0 Å². The second kappa shape index (κ2) is 2.30. The molecule has 0 radical (unpaired) electrons. The standard InChI is InChI=1S/C5H5N3O2/c1-5(8(9)10)7-4-2-3-6-7/h2-4H,1H2. The topological polar surface area (TPSA) is 61.0 Å². The fourth-order valence-electron chi connectivity index (χ4n) is 0.505. The van der Waals surface area contributed by atoms with E-state index in [9.17, 15) is 10.1 Å². The summed E-state index contributed by atoms with van der Waals surface area (Å²) in [4.78, 5) is 9.45. The van der Waals surface area contributed by atoms with Crippen molar-refractivity contribution in [3.05, 3.63) is 35.2 Å². The quantitative estimate of drug-likeness (QED) is 0.445.